The Morgan fingerprint density at radius 1 is 1.37 bits per heavy atom. The van der Waals surface area contributed by atoms with Gasteiger partial charge in [-0.1, -0.05) is 51.7 Å². The number of nitriles is 1. The van der Waals surface area contributed by atoms with Crippen molar-refractivity contribution < 1.29 is 5.11 Å². The molecule has 0 radical (unpaired) electrons. The number of hydrogen-bond donors (Lipinski definition) is 1. The van der Waals surface area contributed by atoms with Crippen molar-refractivity contribution in [2.24, 2.45) is 5.92 Å². The predicted octanol–water partition coefficient (Wildman–Crippen LogP) is 4.37. The third-order valence-electron chi connectivity index (χ3n) is 3.84. The van der Waals surface area contributed by atoms with Gasteiger partial charge < -0.3 is 5.11 Å². The highest BCUT2D eigenvalue weighted by Crippen LogP contribution is 2.32. The van der Waals surface area contributed by atoms with Gasteiger partial charge in [0, 0.05) is 0 Å². The lowest BCUT2D eigenvalue weighted by atomic mass is 9.82. The molecule has 2 heteroatoms. The molecule has 0 bridgehead atoms. The van der Waals surface area contributed by atoms with Crippen LogP contribution in [0.3, 0.4) is 0 Å². The van der Waals surface area contributed by atoms with Gasteiger partial charge in [0.25, 0.3) is 0 Å². The average molecular weight is 259 g/mol. The molecule has 1 aromatic carbocycles. The molecular formula is C17H25NO. The largest absolute Gasteiger partial charge is 0.385 e. The summed E-state index contributed by atoms with van der Waals surface area (Å²) in [6.07, 6.45) is 5.43. The van der Waals surface area contributed by atoms with Crippen LogP contribution in [0.15, 0.2) is 24.3 Å². The van der Waals surface area contributed by atoms with Crippen LogP contribution < -0.4 is 0 Å². The minimum atomic E-state index is -0.846. The Morgan fingerprint density at radius 3 is 2.68 bits per heavy atom. The van der Waals surface area contributed by atoms with Crippen molar-refractivity contribution in [3.63, 3.8) is 0 Å². The molecule has 0 aliphatic rings. The molecule has 2 unspecified atom stereocenters. The molecule has 0 amide bonds. The van der Waals surface area contributed by atoms with Crippen LogP contribution in [-0.4, -0.2) is 5.11 Å². The van der Waals surface area contributed by atoms with Gasteiger partial charge in [-0.15, -0.1) is 0 Å². The second-order valence-corrected chi connectivity index (χ2v) is 5.59. The molecule has 104 valence electrons. The Kier molecular flexibility index (Phi) is 6.05. The van der Waals surface area contributed by atoms with Gasteiger partial charge >= 0.3 is 0 Å². The number of aliphatic hydroxyl groups is 1. The Balaban J connectivity index is 2.80. The zero-order chi connectivity index (χ0) is 14.3. The molecule has 0 saturated heterocycles. The van der Waals surface area contributed by atoms with E-state index in [1.54, 1.807) is 12.1 Å². The fraction of sp³-hybridized carbons (Fsp3) is 0.588. The maximum Gasteiger partial charge on any atom is 0.0991 e. The van der Waals surface area contributed by atoms with Crippen molar-refractivity contribution >= 4 is 0 Å². The zero-order valence-electron chi connectivity index (χ0n) is 12.3. The van der Waals surface area contributed by atoms with Crippen molar-refractivity contribution in [3.8, 4) is 6.07 Å². The Morgan fingerprint density at radius 2 is 2.11 bits per heavy atom. The van der Waals surface area contributed by atoms with E-state index in [9.17, 15) is 5.11 Å². The van der Waals surface area contributed by atoms with Crippen LogP contribution in [0.25, 0.3) is 0 Å². The molecule has 2 nitrogen and oxygen atoms in total. The van der Waals surface area contributed by atoms with Crippen LogP contribution in [0.2, 0.25) is 0 Å². The highest BCUT2D eigenvalue weighted by molar-refractivity contribution is 5.35. The van der Waals surface area contributed by atoms with Gasteiger partial charge in [0.15, 0.2) is 0 Å². The van der Waals surface area contributed by atoms with Crippen molar-refractivity contribution in [3.05, 3.63) is 35.4 Å². The van der Waals surface area contributed by atoms with E-state index in [1.165, 1.54) is 19.3 Å². The normalized spacial score (nSPS) is 15.5. The SMILES string of the molecule is CCCCC(CC)CC(C)(O)c1cccc(C#N)c1. The second-order valence-electron chi connectivity index (χ2n) is 5.59. The average Bonchev–Trinajstić information content (AvgIpc) is 2.43. The summed E-state index contributed by atoms with van der Waals surface area (Å²) in [6.45, 7) is 6.24. The summed E-state index contributed by atoms with van der Waals surface area (Å²) in [5.41, 5.74) is 0.613. The van der Waals surface area contributed by atoms with Crippen molar-refractivity contribution in [2.75, 3.05) is 0 Å². The number of rotatable bonds is 7. The maximum atomic E-state index is 10.7. The van der Waals surface area contributed by atoms with Gasteiger partial charge in [0.2, 0.25) is 0 Å². The van der Waals surface area contributed by atoms with Crippen LogP contribution >= 0.6 is 0 Å². The molecular weight excluding hydrogens is 234 g/mol. The lowest BCUT2D eigenvalue weighted by molar-refractivity contribution is 0.0275. The van der Waals surface area contributed by atoms with E-state index in [0.717, 1.165) is 18.4 Å². The van der Waals surface area contributed by atoms with Gasteiger partial charge in [0.05, 0.1) is 17.2 Å². The Hall–Kier alpha value is -1.33. The molecule has 0 aromatic heterocycles. The fourth-order valence-electron chi connectivity index (χ4n) is 2.55. The minimum absolute atomic E-state index is 0.542. The third kappa shape index (κ3) is 4.69. The molecule has 0 spiro atoms. The molecule has 0 aliphatic carbocycles. The van der Waals surface area contributed by atoms with E-state index in [2.05, 4.69) is 19.9 Å². The Labute approximate surface area is 117 Å². The first-order chi connectivity index (χ1) is 9.03. The molecule has 0 heterocycles. The van der Waals surface area contributed by atoms with E-state index < -0.39 is 5.60 Å². The van der Waals surface area contributed by atoms with Crippen LogP contribution in [0.4, 0.5) is 0 Å². The zero-order valence-corrected chi connectivity index (χ0v) is 12.3. The first-order valence-corrected chi connectivity index (χ1v) is 7.26. The quantitative estimate of drug-likeness (QED) is 0.790. The summed E-state index contributed by atoms with van der Waals surface area (Å²) in [7, 11) is 0. The lowest BCUT2D eigenvalue weighted by Crippen LogP contribution is -2.25. The van der Waals surface area contributed by atoms with Crippen LogP contribution in [-0.2, 0) is 5.60 Å². The van der Waals surface area contributed by atoms with Crippen LogP contribution in [0.1, 0.15) is 64.0 Å². The molecule has 0 saturated carbocycles. The number of hydrogen-bond acceptors (Lipinski definition) is 2. The number of unbranched alkanes of at least 4 members (excludes halogenated alkanes) is 1. The van der Waals surface area contributed by atoms with Gasteiger partial charge in [-0.25, -0.2) is 0 Å². The summed E-state index contributed by atoms with van der Waals surface area (Å²) < 4.78 is 0. The van der Waals surface area contributed by atoms with E-state index in [-0.39, 0.29) is 0 Å². The van der Waals surface area contributed by atoms with Gasteiger partial charge in [-0.2, -0.15) is 5.26 Å². The monoisotopic (exact) mass is 259 g/mol. The van der Waals surface area contributed by atoms with Crippen LogP contribution in [0.5, 0.6) is 0 Å². The standard InChI is InChI=1S/C17H25NO/c1-4-6-8-14(5-2)12-17(3,19)16-10-7-9-15(11-16)13-18/h7,9-11,14,19H,4-6,8,12H2,1-3H3. The van der Waals surface area contributed by atoms with Gasteiger partial charge in [0.1, 0.15) is 0 Å². The molecule has 0 aliphatic heterocycles. The predicted molar refractivity (Wildman–Crippen MR) is 78.7 cm³/mol. The summed E-state index contributed by atoms with van der Waals surface area (Å²) in [6, 6.07) is 9.45. The highest BCUT2D eigenvalue weighted by Gasteiger charge is 2.26. The topological polar surface area (TPSA) is 44.0 Å². The second kappa shape index (κ2) is 7.31. The molecule has 0 fully saturated rings. The summed E-state index contributed by atoms with van der Waals surface area (Å²) in [4.78, 5) is 0. The molecule has 1 N–H and O–H groups in total. The molecule has 19 heavy (non-hydrogen) atoms. The molecule has 1 aromatic rings. The van der Waals surface area contributed by atoms with E-state index in [1.807, 2.05) is 19.1 Å². The molecule has 2 atom stereocenters. The third-order valence-corrected chi connectivity index (χ3v) is 3.84. The maximum absolute atomic E-state index is 10.7. The molecule has 1 rings (SSSR count). The van der Waals surface area contributed by atoms with Gasteiger partial charge in [-0.05, 0) is 37.0 Å². The van der Waals surface area contributed by atoms with Crippen molar-refractivity contribution in [1.82, 2.24) is 0 Å². The summed E-state index contributed by atoms with van der Waals surface area (Å²) in [5, 5.41) is 19.6. The van der Waals surface area contributed by atoms with E-state index in [0.29, 0.717) is 11.5 Å². The highest BCUT2D eigenvalue weighted by atomic mass is 16.3. The fourth-order valence-corrected chi connectivity index (χ4v) is 2.55. The minimum Gasteiger partial charge on any atom is -0.385 e. The lowest BCUT2D eigenvalue weighted by Gasteiger charge is -2.28. The number of benzene rings is 1. The number of nitrogens with zero attached hydrogens (tertiary/aromatic N) is 1. The van der Waals surface area contributed by atoms with Crippen molar-refractivity contribution in [2.45, 2.75) is 58.5 Å². The Bertz CT molecular complexity index is 431. The first-order valence-electron chi connectivity index (χ1n) is 7.26. The van der Waals surface area contributed by atoms with Crippen molar-refractivity contribution in [1.29, 1.82) is 5.26 Å². The van der Waals surface area contributed by atoms with E-state index >= 15 is 0 Å². The smallest absolute Gasteiger partial charge is 0.0991 e. The van der Waals surface area contributed by atoms with Crippen LogP contribution in [0, 0.1) is 17.2 Å². The van der Waals surface area contributed by atoms with Gasteiger partial charge in [-0.3, -0.25) is 0 Å². The summed E-state index contributed by atoms with van der Waals surface area (Å²) >= 11 is 0. The van der Waals surface area contributed by atoms with E-state index in [4.69, 9.17) is 5.26 Å². The first kappa shape index (κ1) is 15.7. The summed E-state index contributed by atoms with van der Waals surface area (Å²) in [5.74, 6) is 0.542.